The molecule has 1 rings (SSSR count). The Labute approximate surface area is 90.1 Å². The largest absolute Gasteiger partial charge is 0.387 e. The zero-order chi connectivity index (χ0) is 8.97. The van der Waals surface area contributed by atoms with Crippen molar-refractivity contribution in [2.75, 3.05) is 7.05 Å². The maximum absolute atomic E-state index is 9.73. The highest BCUT2D eigenvalue weighted by Gasteiger charge is 2.12. The van der Waals surface area contributed by atoms with Gasteiger partial charge in [-0.3, -0.25) is 0 Å². The first kappa shape index (κ1) is 12.7. The van der Waals surface area contributed by atoms with Gasteiger partial charge >= 0.3 is 0 Å². The molecule has 0 saturated heterocycles. The van der Waals surface area contributed by atoms with Gasteiger partial charge in [0.05, 0.1) is 6.10 Å². The third kappa shape index (κ3) is 3.50. The summed E-state index contributed by atoms with van der Waals surface area (Å²) in [7, 11) is 1.84. The summed E-state index contributed by atoms with van der Waals surface area (Å²) in [4.78, 5) is 0. The van der Waals surface area contributed by atoms with Crippen LogP contribution in [0.15, 0.2) is 30.3 Å². The van der Waals surface area contributed by atoms with Crippen LogP contribution in [0.5, 0.6) is 0 Å². The molecule has 0 aliphatic heterocycles. The third-order valence-electron chi connectivity index (χ3n) is 2.07. The summed E-state index contributed by atoms with van der Waals surface area (Å²) in [6, 6.07) is 9.76. The van der Waals surface area contributed by atoms with E-state index >= 15 is 0 Å². The molecule has 2 nitrogen and oxygen atoms in total. The summed E-state index contributed by atoms with van der Waals surface area (Å²) in [6.45, 7) is 1.96. The van der Waals surface area contributed by atoms with Gasteiger partial charge in [0.1, 0.15) is 0 Å². The van der Waals surface area contributed by atoms with Gasteiger partial charge in [0.2, 0.25) is 0 Å². The Morgan fingerprint density at radius 3 is 2.23 bits per heavy atom. The van der Waals surface area contributed by atoms with Gasteiger partial charge in [0, 0.05) is 6.04 Å². The average molecular weight is 195 g/mol. The van der Waals surface area contributed by atoms with E-state index in [4.69, 9.17) is 0 Å². The van der Waals surface area contributed by atoms with Crippen molar-refractivity contribution in [1.82, 2.24) is 5.32 Å². The standard InChI is InChI=1S/C10H15NO.Al.3H/c1-8(11-2)10(12)9-6-4-3-5-7-9;;;;/h3-8,10-12H,1-2H3;;;;/t8-,10-;;;;/m0..../s1. The predicted octanol–water partition coefficient (Wildman–Crippen LogP) is 0.144. The topological polar surface area (TPSA) is 32.3 Å². The molecule has 0 fully saturated rings. The molecule has 13 heavy (non-hydrogen) atoms. The number of benzene rings is 1. The van der Waals surface area contributed by atoms with Crippen LogP contribution < -0.4 is 5.32 Å². The highest BCUT2D eigenvalue weighted by atomic mass is 27.0. The number of aliphatic hydroxyl groups is 1. The number of likely N-dealkylation sites (N-methyl/N-ethyl adjacent to an activating group) is 1. The van der Waals surface area contributed by atoms with E-state index in [0.717, 1.165) is 5.56 Å². The lowest BCUT2D eigenvalue weighted by Crippen LogP contribution is -2.28. The molecule has 2 N–H and O–H groups in total. The molecule has 0 radical (unpaired) electrons. The number of nitrogens with one attached hydrogen (secondary N) is 1. The maximum Gasteiger partial charge on any atom is 0.187 e. The number of rotatable bonds is 3. The molecular weight excluding hydrogens is 177 g/mol. The highest BCUT2D eigenvalue weighted by Crippen LogP contribution is 2.15. The summed E-state index contributed by atoms with van der Waals surface area (Å²) in [5.41, 5.74) is 0.958. The second-order valence-electron chi connectivity index (χ2n) is 2.93. The minimum atomic E-state index is -0.420. The first-order valence-corrected chi connectivity index (χ1v) is 4.16. The van der Waals surface area contributed by atoms with Gasteiger partial charge in [-0.1, -0.05) is 30.3 Å². The van der Waals surface area contributed by atoms with Crippen molar-refractivity contribution in [3.05, 3.63) is 35.9 Å². The van der Waals surface area contributed by atoms with Gasteiger partial charge in [0.15, 0.2) is 17.4 Å². The van der Waals surface area contributed by atoms with Gasteiger partial charge < -0.3 is 10.4 Å². The van der Waals surface area contributed by atoms with Crippen LogP contribution in [0.2, 0.25) is 0 Å². The van der Waals surface area contributed by atoms with Gasteiger partial charge in [-0.25, -0.2) is 0 Å². The highest BCUT2D eigenvalue weighted by molar-refractivity contribution is 5.75. The zero-order valence-corrected chi connectivity index (χ0v) is 7.49. The van der Waals surface area contributed by atoms with E-state index in [9.17, 15) is 5.11 Å². The van der Waals surface area contributed by atoms with Crippen molar-refractivity contribution < 1.29 is 5.11 Å². The van der Waals surface area contributed by atoms with Crippen molar-refractivity contribution >= 4 is 17.4 Å². The molecule has 0 heterocycles. The minimum Gasteiger partial charge on any atom is -0.387 e. The lowest BCUT2D eigenvalue weighted by molar-refractivity contribution is 0.140. The summed E-state index contributed by atoms with van der Waals surface area (Å²) < 4.78 is 0. The van der Waals surface area contributed by atoms with E-state index in [1.54, 1.807) is 0 Å². The Morgan fingerprint density at radius 1 is 1.23 bits per heavy atom. The zero-order valence-electron chi connectivity index (χ0n) is 7.49. The Balaban J connectivity index is 0.00000144. The average Bonchev–Trinajstić information content (AvgIpc) is 2.17. The fourth-order valence-electron chi connectivity index (χ4n) is 1.10. The van der Waals surface area contributed by atoms with Crippen LogP contribution >= 0.6 is 0 Å². The summed E-state index contributed by atoms with van der Waals surface area (Å²) in [5.74, 6) is 0. The smallest absolute Gasteiger partial charge is 0.187 e. The van der Waals surface area contributed by atoms with Crippen molar-refractivity contribution in [1.29, 1.82) is 0 Å². The molecule has 0 unspecified atom stereocenters. The van der Waals surface area contributed by atoms with E-state index in [1.165, 1.54) is 0 Å². The summed E-state index contributed by atoms with van der Waals surface area (Å²) >= 11 is 0. The summed E-state index contributed by atoms with van der Waals surface area (Å²) in [5, 5.41) is 12.7. The van der Waals surface area contributed by atoms with E-state index < -0.39 is 6.10 Å². The molecule has 2 atom stereocenters. The molecule has 0 bridgehead atoms. The van der Waals surface area contributed by atoms with Gasteiger partial charge in [-0.05, 0) is 19.5 Å². The molecule has 0 aliphatic carbocycles. The van der Waals surface area contributed by atoms with Gasteiger partial charge in [0.25, 0.3) is 0 Å². The molecular formula is C10H18AlNO. The second-order valence-corrected chi connectivity index (χ2v) is 2.93. The Bertz CT molecular complexity index is 228. The lowest BCUT2D eigenvalue weighted by atomic mass is 10.0. The Hall–Kier alpha value is -0.328. The fraction of sp³-hybridized carbons (Fsp3) is 0.400. The number of aliphatic hydroxyl groups excluding tert-OH is 1. The van der Waals surface area contributed by atoms with Gasteiger partial charge in [-0.15, -0.1) is 0 Å². The van der Waals surface area contributed by atoms with Crippen LogP contribution in [0, 0.1) is 0 Å². The maximum atomic E-state index is 9.73. The first-order valence-electron chi connectivity index (χ1n) is 4.16. The van der Waals surface area contributed by atoms with Crippen molar-refractivity contribution in [2.24, 2.45) is 0 Å². The van der Waals surface area contributed by atoms with Crippen LogP contribution in [0.4, 0.5) is 0 Å². The molecule has 1 aromatic carbocycles. The molecule has 0 amide bonds. The Morgan fingerprint density at radius 2 is 1.77 bits per heavy atom. The second kappa shape index (κ2) is 6.18. The quantitative estimate of drug-likeness (QED) is 0.673. The normalized spacial score (nSPS) is 14.4. The van der Waals surface area contributed by atoms with E-state index in [2.05, 4.69) is 5.32 Å². The summed E-state index contributed by atoms with van der Waals surface area (Å²) in [6.07, 6.45) is -0.420. The fourth-order valence-corrected chi connectivity index (χ4v) is 1.10. The Kier molecular flexibility index (Phi) is 6.02. The van der Waals surface area contributed by atoms with Crippen molar-refractivity contribution in [2.45, 2.75) is 19.1 Å². The number of hydrogen-bond donors (Lipinski definition) is 2. The van der Waals surface area contributed by atoms with E-state index in [1.807, 2.05) is 44.3 Å². The first-order chi connectivity index (χ1) is 5.75. The number of hydrogen-bond acceptors (Lipinski definition) is 2. The molecule has 0 aromatic heterocycles. The molecule has 1 aromatic rings. The van der Waals surface area contributed by atoms with Crippen molar-refractivity contribution in [3.63, 3.8) is 0 Å². The molecule has 72 valence electrons. The lowest BCUT2D eigenvalue weighted by Gasteiger charge is -2.17. The van der Waals surface area contributed by atoms with Crippen LogP contribution in [0.3, 0.4) is 0 Å². The van der Waals surface area contributed by atoms with Crippen LogP contribution in [-0.4, -0.2) is 35.6 Å². The van der Waals surface area contributed by atoms with E-state index in [0.29, 0.717) is 0 Å². The minimum absolute atomic E-state index is 0. The molecule has 0 saturated carbocycles. The van der Waals surface area contributed by atoms with E-state index in [-0.39, 0.29) is 23.4 Å². The van der Waals surface area contributed by atoms with Crippen LogP contribution in [-0.2, 0) is 0 Å². The third-order valence-corrected chi connectivity index (χ3v) is 2.07. The van der Waals surface area contributed by atoms with Crippen LogP contribution in [0.25, 0.3) is 0 Å². The van der Waals surface area contributed by atoms with Crippen molar-refractivity contribution in [3.8, 4) is 0 Å². The SMILES string of the molecule is CN[C@@H](C)[C@H](O)c1ccccc1.[AlH3]. The molecule has 3 heteroatoms. The van der Waals surface area contributed by atoms with Gasteiger partial charge in [-0.2, -0.15) is 0 Å². The predicted molar refractivity (Wildman–Crippen MR) is 59.9 cm³/mol. The molecule has 0 spiro atoms. The monoisotopic (exact) mass is 195 g/mol. The molecule has 0 aliphatic rings. The van der Waals surface area contributed by atoms with Crippen LogP contribution in [0.1, 0.15) is 18.6 Å².